The molecule has 2 unspecified atom stereocenters. The molecule has 0 saturated carbocycles. The minimum atomic E-state index is 0.0868. The van der Waals surface area contributed by atoms with Crippen LogP contribution in [-0.4, -0.2) is 19.3 Å². The minimum absolute atomic E-state index is 0.0868. The van der Waals surface area contributed by atoms with Gasteiger partial charge in [0.1, 0.15) is 6.10 Å². The first-order valence-electron chi connectivity index (χ1n) is 4.74. The zero-order valence-corrected chi connectivity index (χ0v) is 9.66. The van der Waals surface area contributed by atoms with E-state index in [9.17, 15) is 0 Å². The van der Waals surface area contributed by atoms with Crippen LogP contribution >= 0.6 is 15.9 Å². The van der Waals surface area contributed by atoms with Crippen LogP contribution in [0.1, 0.15) is 18.6 Å². The van der Waals surface area contributed by atoms with Crippen LogP contribution in [0.5, 0.6) is 0 Å². The van der Waals surface area contributed by atoms with E-state index in [-0.39, 0.29) is 12.2 Å². The van der Waals surface area contributed by atoms with Gasteiger partial charge in [-0.25, -0.2) is 0 Å². The van der Waals surface area contributed by atoms with Crippen molar-refractivity contribution < 1.29 is 9.47 Å². The quantitative estimate of drug-likeness (QED) is 0.770. The highest BCUT2D eigenvalue weighted by molar-refractivity contribution is 9.10. The van der Waals surface area contributed by atoms with Gasteiger partial charge in [0.2, 0.25) is 0 Å². The Morgan fingerprint density at radius 1 is 1.29 bits per heavy atom. The van der Waals surface area contributed by atoms with Gasteiger partial charge in [-0.1, -0.05) is 28.1 Å². The predicted molar refractivity (Wildman–Crippen MR) is 58.2 cm³/mol. The van der Waals surface area contributed by atoms with E-state index in [0.29, 0.717) is 13.2 Å². The number of hydrogen-bond donors (Lipinski definition) is 0. The molecule has 2 rings (SSSR count). The predicted octanol–water partition coefficient (Wildman–Crippen LogP) is 2.93. The molecule has 14 heavy (non-hydrogen) atoms. The molecule has 0 radical (unpaired) electrons. The summed E-state index contributed by atoms with van der Waals surface area (Å²) in [5.41, 5.74) is 1.17. The third-order valence-electron chi connectivity index (χ3n) is 2.28. The van der Waals surface area contributed by atoms with Crippen molar-refractivity contribution in [3.63, 3.8) is 0 Å². The number of ether oxygens (including phenoxy) is 2. The van der Waals surface area contributed by atoms with E-state index in [1.807, 2.05) is 19.1 Å². The molecule has 0 spiro atoms. The third kappa shape index (κ3) is 2.35. The number of halogens is 1. The van der Waals surface area contributed by atoms with E-state index in [1.165, 1.54) is 5.56 Å². The summed E-state index contributed by atoms with van der Waals surface area (Å²) in [5.74, 6) is 0. The van der Waals surface area contributed by atoms with Crippen molar-refractivity contribution in [2.75, 3.05) is 13.2 Å². The Bertz CT molecular complexity index is 306. The van der Waals surface area contributed by atoms with Crippen LogP contribution < -0.4 is 0 Å². The van der Waals surface area contributed by atoms with Crippen LogP contribution in [0.15, 0.2) is 28.7 Å². The van der Waals surface area contributed by atoms with Crippen molar-refractivity contribution >= 4 is 15.9 Å². The van der Waals surface area contributed by atoms with Crippen LogP contribution in [0.25, 0.3) is 0 Å². The van der Waals surface area contributed by atoms with Crippen molar-refractivity contribution in [3.8, 4) is 0 Å². The van der Waals surface area contributed by atoms with Gasteiger partial charge in [0, 0.05) is 4.47 Å². The second-order valence-corrected chi connectivity index (χ2v) is 4.44. The summed E-state index contributed by atoms with van der Waals surface area (Å²) in [6.07, 6.45) is 0.308. The summed E-state index contributed by atoms with van der Waals surface area (Å²) >= 11 is 3.44. The molecule has 1 aliphatic heterocycles. The first-order chi connectivity index (χ1) is 6.75. The highest BCUT2D eigenvalue weighted by atomic mass is 79.9. The van der Waals surface area contributed by atoms with Crippen molar-refractivity contribution in [1.29, 1.82) is 0 Å². The number of benzene rings is 1. The average Bonchev–Trinajstić information content (AvgIpc) is 2.19. The topological polar surface area (TPSA) is 18.5 Å². The van der Waals surface area contributed by atoms with Crippen LogP contribution in [0, 0.1) is 0 Å². The average molecular weight is 257 g/mol. The Kier molecular flexibility index (Phi) is 3.21. The summed E-state index contributed by atoms with van der Waals surface area (Å²) in [6, 6.07) is 8.16. The van der Waals surface area contributed by atoms with E-state index < -0.39 is 0 Å². The summed E-state index contributed by atoms with van der Waals surface area (Å²) in [4.78, 5) is 0. The Morgan fingerprint density at radius 3 is 2.79 bits per heavy atom. The Morgan fingerprint density at radius 2 is 2.14 bits per heavy atom. The summed E-state index contributed by atoms with van der Waals surface area (Å²) in [6.45, 7) is 3.35. The molecule has 0 amide bonds. The molecular weight excluding hydrogens is 244 g/mol. The van der Waals surface area contributed by atoms with Gasteiger partial charge in [-0.3, -0.25) is 0 Å². The second-order valence-electron chi connectivity index (χ2n) is 3.52. The van der Waals surface area contributed by atoms with E-state index >= 15 is 0 Å². The maximum atomic E-state index is 5.69. The molecule has 76 valence electrons. The summed E-state index contributed by atoms with van der Waals surface area (Å²) < 4.78 is 12.3. The van der Waals surface area contributed by atoms with E-state index in [1.54, 1.807) is 0 Å². The lowest BCUT2D eigenvalue weighted by Crippen LogP contribution is -2.28. The fourth-order valence-electron chi connectivity index (χ4n) is 1.50. The molecule has 1 heterocycles. The molecule has 1 fully saturated rings. The van der Waals surface area contributed by atoms with Gasteiger partial charge in [-0.2, -0.15) is 0 Å². The van der Waals surface area contributed by atoms with Gasteiger partial charge in [0.15, 0.2) is 0 Å². The molecule has 0 N–H and O–H groups in total. The van der Waals surface area contributed by atoms with Gasteiger partial charge in [-0.05, 0) is 24.6 Å². The van der Waals surface area contributed by atoms with E-state index in [2.05, 4.69) is 28.1 Å². The molecule has 1 aromatic carbocycles. The lowest BCUT2D eigenvalue weighted by molar-refractivity contribution is -0.128. The maximum Gasteiger partial charge on any atom is 0.106 e. The molecular formula is C11H13BrO2. The molecule has 1 aromatic rings. The second kappa shape index (κ2) is 4.43. The van der Waals surface area contributed by atoms with Gasteiger partial charge >= 0.3 is 0 Å². The fraction of sp³-hybridized carbons (Fsp3) is 0.455. The van der Waals surface area contributed by atoms with Crippen LogP contribution in [0.3, 0.4) is 0 Å². The fourth-order valence-corrected chi connectivity index (χ4v) is 1.92. The Balaban J connectivity index is 2.08. The molecule has 0 aliphatic carbocycles. The lowest BCUT2D eigenvalue weighted by Gasteiger charge is -2.27. The Labute approximate surface area is 92.3 Å². The van der Waals surface area contributed by atoms with Crippen molar-refractivity contribution in [1.82, 2.24) is 0 Å². The summed E-state index contributed by atoms with van der Waals surface area (Å²) in [7, 11) is 0. The van der Waals surface area contributed by atoms with Gasteiger partial charge in [0.05, 0.1) is 19.3 Å². The molecule has 1 aliphatic rings. The highest BCUT2D eigenvalue weighted by Gasteiger charge is 2.20. The molecule has 0 aromatic heterocycles. The lowest BCUT2D eigenvalue weighted by atomic mass is 10.1. The van der Waals surface area contributed by atoms with Crippen LogP contribution in [0.2, 0.25) is 0 Å². The number of rotatable bonds is 1. The van der Waals surface area contributed by atoms with Gasteiger partial charge in [0.25, 0.3) is 0 Å². The van der Waals surface area contributed by atoms with Gasteiger partial charge < -0.3 is 9.47 Å². The standard InChI is InChI=1S/C11H13BrO2/c1-8-6-14-11(7-13-8)9-3-2-4-10(12)5-9/h2-5,8,11H,6-7H2,1H3. The molecule has 1 saturated heterocycles. The molecule has 0 bridgehead atoms. The molecule has 3 heteroatoms. The Hall–Kier alpha value is -0.380. The normalized spacial score (nSPS) is 27.6. The maximum absolute atomic E-state index is 5.69. The van der Waals surface area contributed by atoms with Crippen molar-refractivity contribution in [2.45, 2.75) is 19.1 Å². The summed E-state index contributed by atoms with van der Waals surface area (Å²) in [5, 5.41) is 0. The van der Waals surface area contributed by atoms with Crippen molar-refractivity contribution in [3.05, 3.63) is 34.3 Å². The number of hydrogen-bond acceptors (Lipinski definition) is 2. The van der Waals surface area contributed by atoms with E-state index in [0.717, 1.165) is 4.47 Å². The SMILES string of the molecule is CC1COC(c2cccc(Br)c2)CO1. The highest BCUT2D eigenvalue weighted by Crippen LogP contribution is 2.24. The first-order valence-corrected chi connectivity index (χ1v) is 5.53. The van der Waals surface area contributed by atoms with Gasteiger partial charge in [-0.15, -0.1) is 0 Å². The largest absolute Gasteiger partial charge is 0.373 e. The molecule has 2 nitrogen and oxygen atoms in total. The zero-order chi connectivity index (χ0) is 9.97. The first kappa shape index (κ1) is 10.1. The van der Waals surface area contributed by atoms with Crippen LogP contribution in [-0.2, 0) is 9.47 Å². The van der Waals surface area contributed by atoms with Crippen molar-refractivity contribution in [2.24, 2.45) is 0 Å². The minimum Gasteiger partial charge on any atom is -0.373 e. The zero-order valence-electron chi connectivity index (χ0n) is 8.07. The smallest absolute Gasteiger partial charge is 0.106 e. The molecule has 2 atom stereocenters. The van der Waals surface area contributed by atoms with Crippen LogP contribution in [0.4, 0.5) is 0 Å². The van der Waals surface area contributed by atoms with E-state index in [4.69, 9.17) is 9.47 Å². The monoisotopic (exact) mass is 256 g/mol. The third-order valence-corrected chi connectivity index (χ3v) is 2.78.